The summed E-state index contributed by atoms with van der Waals surface area (Å²) in [6.45, 7) is 12.5. The lowest BCUT2D eigenvalue weighted by Crippen LogP contribution is -2.52. The molecule has 0 aliphatic carbocycles. The van der Waals surface area contributed by atoms with Gasteiger partial charge in [-0.15, -0.1) is 0 Å². The molecule has 0 saturated heterocycles. The van der Waals surface area contributed by atoms with Gasteiger partial charge in [0.15, 0.2) is 0 Å². The molecule has 2 aromatic carbocycles. The molecular formula is C36H45ClN5O2+. The maximum atomic E-state index is 14.1. The zero-order valence-electron chi connectivity index (χ0n) is 26.7. The minimum Gasteiger partial charge on any atom is -0.342 e. The summed E-state index contributed by atoms with van der Waals surface area (Å²) in [5.41, 5.74) is 3.13. The number of amides is 1. The number of unbranched alkanes of at least 4 members (excludes halogenated alkanes) is 1. The highest BCUT2D eigenvalue weighted by Gasteiger charge is 2.32. The van der Waals surface area contributed by atoms with Crippen molar-refractivity contribution < 1.29 is 9.28 Å². The minimum atomic E-state index is -0.323. The number of alkyl halides is 1. The van der Waals surface area contributed by atoms with Gasteiger partial charge in [-0.05, 0) is 49.2 Å². The van der Waals surface area contributed by atoms with Crippen molar-refractivity contribution in [1.82, 2.24) is 9.88 Å². The van der Waals surface area contributed by atoms with Crippen LogP contribution < -0.4 is 26.8 Å². The zero-order chi connectivity index (χ0) is 32.3. The first-order valence-electron chi connectivity index (χ1n) is 15.2. The zero-order valence-corrected chi connectivity index (χ0v) is 27.5. The van der Waals surface area contributed by atoms with E-state index in [2.05, 4.69) is 50.4 Å². The van der Waals surface area contributed by atoms with E-state index in [1.807, 2.05) is 69.3 Å². The second-order valence-corrected chi connectivity index (χ2v) is 11.3. The maximum Gasteiger partial charge on any atom is 0.263 e. The summed E-state index contributed by atoms with van der Waals surface area (Å²) in [5.74, 6) is 0.375. The van der Waals surface area contributed by atoms with Gasteiger partial charge in [0.05, 0.1) is 37.4 Å². The number of pyridine rings is 1. The number of nitrogens with zero attached hydrogens (tertiary/aromatic N) is 3. The van der Waals surface area contributed by atoms with Crippen LogP contribution in [-0.4, -0.2) is 46.9 Å². The monoisotopic (exact) mass is 614 g/mol. The molecule has 1 amide bonds. The number of quaternary nitrogens is 1. The molecule has 8 heteroatoms. The number of aromatic nitrogens is 1. The normalized spacial score (nSPS) is 16.8. The Kier molecular flexibility index (Phi) is 12.5. The highest BCUT2D eigenvalue weighted by Crippen LogP contribution is 2.24. The number of aliphatic imine (C=N–C) groups is 1. The Hall–Kier alpha value is -4.20. The van der Waals surface area contributed by atoms with E-state index in [0.29, 0.717) is 27.3 Å². The van der Waals surface area contributed by atoms with Crippen LogP contribution >= 0.6 is 11.6 Å². The van der Waals surface area contributed by atoms with Gasteiger partial charge in [0.1, 0.15) is 5.84 Å². The largest absolute Gasteiger partial charge is 0.342 e. The number of likely N-dealkylation sites (N-methyl/N-ethyl adjacent to an activating group) is 1. The third-order valence-corrected chi connectivity index (χ3v) is 7.96. The molecule has 0 spiro atoms. The molecule has 0 bridgehead atoms. The number of amidine groups is 1. The lowest BCUT2D eigenvalue weighted by Gasteiger charge is -2.38. The molecule has 1 aliphatic heterocycles. The highest BCUT2D eigenvalue weighted by atomic mass is 35.5. The second-order valence-electron chi connectivity index (χ2n) is 10.9. The smallest absolute Gasteiger partial charge is 0.263 e. The van der Waals surface area contributed by atoms with Gasteiger partial charge in [-0.1, -0.05) is 93.9 Å². The molecule has 0 radical (unpaired) electrons. The van der Waals surface area contributed by atoms with E-state index >= 15 is 0 Å². The van der Waals surface area contributed by atoms with Gasteiger partial charge in [0, 0.05) is 29.1 Å². The topological polar surface area (TPSA) is 75.5 Å². The first-order valence-corrected chi connectivity index (χ1v) is 15.6. The number of benzene rings is 2. The Labute approximate surface area is 266 Å². The van der Waals surface area contributed by atoms with Crippen molar-refractivity contribution in [3.63, 3.8) is 0 Å². The predicted octanol–water partition coefficient (Wildman–Crippen LogP) is 5.91. The van der Waals surface area contributed by atoms with Crippen molar-refractivity contribution in [1.29, 1.82) is 0 Å². The minimum absolute atomic E-state index is 0.163. The second kappa shape index (κ2) is 16.0. The first-order chi connectivity index (χ1) is 21.1. The number of nitrogens with one attached hydrogen (secondary N) is 2. The summed E-state index contributed by atoms with van der Waals surface area (Å²) < 4.78 is 2.38. The Morgan fingerprint density at radius 2 is 1.84 bits per heavy atom. The number of carbonyl (C=O) groups is 1. The van der Waals surface area contributed by atoms with Crippen molar-refractivity contribution >= 4 is 41.3 Å². The van der Waals surface area contributed by atoms with Crippen LogP contribution in [0.25, 0.3) is 29.1 Å². The summed E-state index contributed by atoms with van der Waals surface area (Å²) in [4.78, 5) is 30.9. The lowest BCUT2D eigenvalue weighted by molar-refractivity contribution is -0.898. The van der Waals surface area contributed by atoms with Crippen LogP contribution in [0.1, 0.15) is 47.0 Å². The van der Waals surface area contributed by atoms with Crippen LogP contribution in [0.5, 0.6) is 0 Å². The SMILES string of the molecule is C=CC(=O)Nc1cccc(-n2c(=O)c(-c3ccccc3)cc(=C/N=C(C)NC3=CCC[N+](C)(C)C3Cl)/c2=C/CCC)c1.CC. The molecule has 0 fully saturated rings. The van der Waals surface area contributed by atoms with Gasteiger partial charge in [-0.25, -0.2) is 4.99 Å². The van der Waals surface area contributed by atoms with Crippen molar-refractivity contribution in [2.75, 3.05) is 26.0 Å². The summed E-state index contributed by atoms with van der Waals surface area (Å²) >= 11 is 6.77. The molecule has 1 aliphatic rings. The predicted molar refractivity (Wildman–Crippen MR) is 186 cm³/mol. The number of anilines is 1. The molecule has 2 heterocycles. The molecule has 44 heavy (non-hydrogen) atoms. The van der Waals surface area contributed by atoms with E-state index in [4.69, 9.17) is 16.6 Å². The number of rotatable bonds is 8. The fraction of sp³-hybridized carbons (Fsp3) is 0.306. The van der Waals surface area contributed by atoms with Crippen molar-refractivity contribution in [3.8, 4) is 16.8 Å². The van der Waals surface area contributed by atoms with Gasteiger partial charge in [-0.3, -0.25) is 14.2 Å². The fourth-order valence-corrected chi connectivity index (χ4v) is 5.14. The Bertz CT molecular complexity index is 1700. The van der Waals surface area contributed by atoms with E-state index in [1.54, 1.807) is 22.9 Å². The van der Waals surface area contributed by atoms with E-state index in [9.17, 15) is 9.59 Å². The Morgan fingerprint density at radius 1 is 1.11 bits per heavy atom. The van der Waals surface area contributed by atoms with E-state index in [0.717, 1.165) is 47.6 Å². The van der Waals surface area contributed by atoms with E-state index in [-0.39, 0.29) is 17.0 Å². The molecule has 1 atom stereocenters. The third kappa shape index (κ3) is 8.46. The third-order valence-electron chi connectivity index (χ3n) is 7.20. The molecule has 0 saturated carbocycles. The average Bonchev–Trinajstić information content (AvgIpc) is 3.03. The summed E-state index contributed by atoms with van der Waals surface area (Å²) in [6.07, 6.45) is 9.82. The van der Waals surface area contributed by atoms with Crippen LogP contribution in [-0.2, 0) is 4.79 Å². The summed E-state index contributed by atoms with van der Waals surface area (Å²) in [6, 6.07) is 18.7. The first kappa shape index (κ1) is 34.3. The maximum absolute atomic E-state index is 14.1. The summed E-state index contributed by atoms with van der Waals surface area (Å²) in [5, 5.41) is 7.72. The molecule has 2 N–H and O–H groups in total. The average molecular weight is 615 g/mol. The highest BCUT2D eigenvalue weighted by molar-refractivity contribution is 6.21. The van der Waals surface area contributed by atoms with Crippen molar-refractivity contribution in [3.05, 3.63) is 106 Å². The van der Waals surface area contributed by atoms with Gasteiger partial charge in [-0.2, -0.15) is 0 Å². The van der Waals surface area contributed by atoms with Gasteiger partial charge in [0.25, 0.3) is 5.56 Å². The number of carbonyl (C=O) groups excluding carboxylic acids is 1. The van der Waals surface area contributed by atoms with E-state index < -0.39 is 0 Å². The molecule has 7 nitrogen and oxygen atoms in total. The standard InChI is InChI=1S/C34H38ClN5O2.C2H6/c1-6-8-19-31-26(23-36-24(3)37-30-18-13-20-40(4,5)33(30)35)21-29(25-14-10-9-11-15-25)34(42)39(31)28-17-12-16-27(22-28)38-32(41)7-2;1-2/h7,9-12,14-19,21-23,33H,2,6,8,13,20H2,1,3-5H3,(H-,36,37,38,41,42);1-2H3/p+1/b31-19-;. The van der Waals surface area contributed by atoms with Gasteiger partial charge >= 0.3 is 0 Å². The molecule has 3 aromatic rings. The van der Waals surface area contributed by atoms with Crippen LogP contribution in [0, 0.1) is 0 Å². The van der Waals surface area contributed by atoms with Crippen molar-refractivity contribution in [2.24, 2.45) is 4.99 Å². The molecule has 4 rings (SSSR count). The quantitative estimate of drug-likeness (QED) is 0.0827. The van der Waals surface area contributed by atoms with Gasteiger partial charge in [0.2, 0.25) is 11.4 Å². The number of hydrogen-bond donors (Lipinski definition) is 2. The van der Waals surface area contributed by atoms with Crippen LogP contribution in [0.4, 0.5) is 5.69 Å². The Morgan fingerprint density at radius 3 is 2.52 bits per heavy atom. The Balaban J connectivity index is 0.00000259. The fourth-order valence-electron chi connectivity index (χ4n) is 4.90. The van der Waals surface area contributed by atoms with Crippen LogP contribution in [0.2, 0.25) is 0 Å². The number of hydrogen-bond acceptors (Lipinski definition) is 3. The van der Waals surface area contributed by atoms with Gasteiger partial charge < -0.3 is 15.1 Å². The van der Waals surface area contributed by atoms with E-state index in [1.165, 1.54) is 6.08 Å². The summed E-state index contributed by atoms with van der Waals surface area (Å²) in [7, 11) is 4.24. The van der Waals surface area contributed by atoms with Crippen LogP contribution in [0.3, 0.4) is 0 Å². The van der Waals surface area contributed by atoms with Crippen LogP contribution in [0.15, 0.2) is 94.9 Å². The van der Waals surface area contributed by atoms with Crippen molar-refractivity contribution in [2.45, 2.75) is 52.5 Å². The number of halogens is 1. The molecular weight excluding hydrogens is 570 g/mol. The molecule has 232 valence electrons. The lowest BCUT2D eigenvalue weighted by atomic mass is 10.1. The molecule has 1 aromatic heterocycles. The molecule has 1 unspecified atom stereocenters.